The number of carbonyl (C=O) groups excluding carboxylic acids is 1. The SMILES string of the molecule is O=C(NC[C@H]1[C@@H]2CNC[C@@H](C2)[C@@H]2CCCCN21)c1nnc2n1CCCCC2. The third kappa shape index (κ3) is 3.29. The third-order valence-corrected chi connectivity index (χ3v) is 7.31. The van der Waals surface area contributed by atoms with Gasteiger partial charge in [-0.15, -0.1) is 10.2 Å². The number of aryl methyl sites for hydroxylation is 1. The summed E-state index contributed by atoms with van der Waals surface area (Å²) < 4.78 is 2.05. The maximum Gasteiger partial charge on any atom is 0.289 e. The lowest BCUT2D eigenvalue weighted by atomic mass is 9.73. The van der Waals surface area contributed by atoms with Gasteiger partial charge in [-0.05, 0) is 63.6 Å². The molecule has 7 heteroatoms. The van der Waals surface area contributed by atoms with Gasteiger partial charge in [-0.2, -0.15) is 0 Å². The van der Waals surface area contributed by atoms with Crippen LogP contribution in [0.25, 0.3) is 0 Å². The number of piperidine rings is 3. The normalized spacial score (nSPS) is 33.6. The Morgan fingerprint density at radius 2 is 1.96 bits per heavy atom. The Labute approximate surface area is 161 Å². The molecule has 4 aliphatic rings. The Morgan fingerprint density at radius 1 is 1.07 bits per heavy atom. The van der Waals surface area contributed by atoms with Gasteiger partial charge in [0.15, 0.2) is 0 Å². The number of nitrogens with zero attached hydrogens (tertiary/aromatic N) is 4. The van der Waals surface area contributed by atoms with Crippen LogP contribution in [-0.4, -0.2) is 63.8 Å². The molecule has 0 spiro atoms. The van der Waals surface area contributed by atoms with Crippen molar-refractivity contribution in [2.75, 3.05) is 26.2 Å². The van der Waals surface area contributed by atoms with Crippen molar-refractivity contribution in [3.8, 4) is 0 Å². The van der Waals surface area contributed by atoms with Gasteiger partial charge in [0.1, 0.15) is 5.82 Å². The summed E-state index contributed by atoms with van der Waals surface area (Å²) in [5.41, 5.74) is 0. The molecule has 1 amide bonds. The van der Waals surface area contributed by atoms with Crippen molar-refractivity contribution in [2.24, 2.45) is 11.8 Å². The van der Waals surface area contributed by atoms with Crippen LogP contribution >= 0.6 is 0 Å². The summed E-state index contributed by atoms with van der Waals surface area (Å²) >= 11 is 0. The Balaban J connectivity index is 1.29. The summed E-state index contributed by atoms with van der Waals surface area (Å²) in [7, 11) is 0. The van der Waals surface area contributed by atoms with Gasteiger partial charge in [-0.25, -0.2) is 0 Å². The highest BCUT2D eigenvalue weighted by atomic mass is 16.2. The molecule has 0 aromatic carbocycles. The smallest absolute Gasteiger partial charge is 0.289 e. The first-order valence-corrected chi connectivity index (χ1v) is 11.0. The molecular weight excluding hydrogens is 340 g/mol. The lowest BCUT2D eigenvalue weighted by molar-refractivity contribution is -0.0372. The molecule has 3 fully saturated rings. The maximum absolute atomic E-state index is 12.9. The zero-order valence-corrected chi connectivity index (χ0v) is 16.2. The van der Waals surface area contributed by atoms with Crippen LogP contribution in [0, 0.1) is 11.8 Å². The van der Waals surface area contributed by atoms with Crippen molar-refractivity contribution in [2.45, 2.75) is 70.0 Å². The Morgan fingerprint density at radius 3 is 2.93 bits per heavy atom. The highest BCUT2D eigenvalue weighted by Crippen LogP contribution is 2.38. The first-order valence-electron chi connectivity index (χ1n) is 11.0. The quantitative estimate of drug-likeness (QED) is 0.834. The highest BCUT2D eigenvalue weighted by molar-refractivity contribution is 5.90. The molecule has 0 radical (unpaired) electrons. The topological polar surface area (TPSA) is 75.1 Å². The minimum atomic E-state index is -0.0462. The zero-order valence-electron chi connectivity index (χ0n) is 16.2. The summed E-state index contributed by atoms with van der Waals surface area (Å²) in [5.74, 6) is 2.88. The fraction of sp³-hybridized carbons (Fsp3) is 0.850. The molecule has 0 aliphatic carbocycles. The zero-order chi connectivity index (χ0) is 18.2. The summed E-state index contributed by atoms with van der Waals surface area (Å²) in [6, 6.07) is 1.16. The average Bonchev–Trinajstić information content (AvgIpc) is 2.96. The highest BCUT2D eigenvalue weighted by Gasteiger charge is 2.45. The van der Waals surface area contributed by atoms with E-state index in [-0.39, 0.29) is 5.91 Å². The molecule has 7 nitrogen and oxygen atoms in total. The van der Waals surface area contributed by atoms with Gasteiger partial charge in [-0.3, -0.25) is 9.69 Å². The number of nitrogens with one attached hydrogen (secondary N) is 2. The molecule has 2 bridgehead atoms. The second kappa shape index (κ2) is 7.51. The van der Waals surface area contributed by atoms with E-state index in [4.69, 9.17) is 0 Å². The first kappa shape index (κ1) is 17.6. The van der Waals surface area contributed by atoms with Gasteiger partial charge >= 0.3 is 0 Å². The second-order valence-corrected chi connectivity index (χ2v) is 8.89. The average molecular weight is 373 g/mol. The van der Waals surface area contributed by atoms with E-state index in [9.17, 15) is 4.79 Å². The Bertz CT molecular complexity index is 688. The molecule has 1 aromatic rings. The molecule has 148 valence electrons. The molecule has 27 heavy (non-hydrogen) atoms. The predicted octanol–water partition coefficient (Wildman–Crippen LogP) is 1.20. The molecule has 5 heterocycles. The van der Waals surface area contributed by atoms with Crippen LogP contribution in [0.4, 0.5) is 0 Å². The van der Waals surface area contributed by atoms with Crippen LogP contribution in [0.2, 0.25) is 0 Å². The van der Waals surface area contributed by atoms with Gasteiger partial charge in [0.25, 0.3) is 5.91 Å². The van der Waals surface area contributed by atoms with Crippen molar-refractivity contribution < 1.29 is 4.79 Å². The minimum Gasteiger partial charge on any atom is -0.348 e. The second-order valence-electron chi connectivity index (χ2n) is 8.89. The van der Waals surface area contributed by atoms with Crippen LogP contribution in [0.3, 0.4) is 0 Å². The van der Waals surface area contributed by atoms with Crippen LogP contribution in [0.15, 0.2) is 0 Å². The van der Waals surface area contributed by atoms with E-state index < -0.39 is 0 Å². The number of hydrogen-bond acceptors (Lipinski definition) is 5. The van der Waals surface area contributed by atoms with Crippen LogP contribution < -0.4 is 10.6 Å². The molecule has 0 unspecified atom stereocenters. The lowest BCUT2D eigenvalue weighted by Gasteiger charge is -2.55. The summed E-state index contributed by atoms with van der Waals surface area (Å²) in [6.45, 7) is 5.05. The number of rotatable bonds is 3. The largest absolute Gasteiger partial charge is 0.348 e. The monoisotopic (exact) mass is 372 g/mol. The molecular formula is C20H32N6O. The molecule has 4 aliphatic heterocycles. The number of carbonyl (C=O) groups is 1. The van der Waals surface area contributed by atoms with Gasteiger partial charge in [0.05, 0.1) is 0 Å². The van der Waals surface area contributed by atoms with Crippen molar-refractivity contribution in [3.63, 3.8) is 0 Å². The van der Waals surface area contributed by atoms with Gasteiger partial charge in [0.2, 0.25) is 5.82 Å². The van der Waals surface area contributed by atoms with E-state index in [0.717, 1.165) is 50.6 Å². The predicted molar refractivity (Wildman–Crippen MR) is 103 cm³/mol. The molecule has 1 aromatic heterocycles. The van der Waals surface area contributed by atoms with E-state index in [1.165, 1.54) is 45.2 Å². The Kier molecular flexibility index (Phi) is 4.90. The van der Waals surface area contributed by atoms with E-state index >= 15 is 0 Å². The van der Waals surface area contributed by atoms with Gasteiger partial charge in [-0.1, -0.05) is 12.8 Å². The maximum atomic E-state index is 12.9. The molecule has 0 saturated carbocycles. The number of hydrogen-bond donors (Lipinski definition) is 2. The van der Waals surface area contributed by atoms with Crippen molar-refractivity contribution in [1.29, 1.82) is 0 Å². The van der Waals surface area contributed by atoms with Crippen LogP contribution in [-0.2, 0) is 13.0 Å². The van der Waals surface area contributed by atoms with E-state index in [0.29, 0.717) is 23.8 Å². The van der Waals surface area contributed by atoms with E-state index in [2.05, 4.69) is 25.7 Å². The fourth-order valence-corrected chi connectivity index (χ4v) is 5.98. The fourth-order valence-electron chi connectivity index (χ4n) is 5.98. The van der Waals surface area contributed by atoms with Crippen molar-refractivity contribution in [1.82, 2.24) is 30.3 Å². The van der Waals surface area contributed by atoms with E-state index in [1.807, 2.05) is 4.57 Å². The Hall–Kier alpha value is -1.47. The van der Waals surface area contributed by atoms with Crippen molar-refractivity contribution >= 4 is 5.91 Å². The number of fused-ring (bicyclic) bond motifs is 5. The third-order valence-electron chi connectivity index (χ3n) is 7.31. The number of aromatic nitrogens is 3. The van der Waals surface area contributed by atoms with Gasteiger partial charge in [0, 0.05) is 31.6 Å². The van der Waals surface area contributed by atoms with Crippen molar-refractivity contribution in [3.05, 3.63) is 11.6 Å². The van der Waals surface area contributed by atoms with Crippen LogP contribution in [0.1, 0.15) is 61.4 Å². The standard InChI is InChI=1S/C20H32N6O/c27-20(19-24-23-18-7-2-1-4-9-26(18)19)22-13-17-15-10-14(11-21-12-15)16-6-3-5-8-25(16)17/h14-17,21H,1-13H2,(H,22,27)/t14-,15+,16+,17+/m1/s1. The van der Waals surface area contributed by atoms with E-state index in [1.54, 1.807) is 0 Å². The summed E-state index contributed by atoms with van der Waals surface area (Å²) in [5, 5.41) is 15.4. The lowest BCUT2D eigenvalue weighted by Crippen LogP contribution is -2.65. The number of amides is 1. The first-order chi connectivity index (χ1) is 13.3. The molecule has 5 rings (SSSR count). The van der Waals surface area contributed by atoms with Gasteiger partial charge < -0.3 is 15.2 Å². The molecule has 2 N–H and O–H groups in total. The summed E-state index contributed by atoms with van der Waals surface area (Å²) in [6.07, 6.45) is 9.69. The summed E-state index contributed by atoms with van der Waals surface area (Å²) in [4.78, 5) is 15.6. The molecule has 3 saturated heterocycles. The van der Waals surface area contributed by atoms with Crippen LogP contribution in [0.5, 0.6) is 0 Å². The molecule has 4 atom stereocenters. The minimum absolute atomic E-state index is 0.0462.